The number of nitrogens with one attached hydrogen (secondary N) is 2. The molecule has 0 saturated carbocycles. The molecule has 2 rings (SSSR count). The first-order valence-electron chi connectivity index (χ1n) is 8.31. The number of carbonyl (C=O) groups is 2. The van der Waals surface area contributed by atoms with Gasteiger partial charge in [-0.2, -0.15) is 8.78 Å². The third-order valence-corrected chi connectivity index (χ3v) is 3.98. The van der Waals surface area contributed by atoms with E-state index in [1.165, 1.54) is 12.1 Å². The lowest BCUT2D eigenvalue weighted by Gasteiger charge is -2.32. The Hall–Kier alpha value is -1.93. The van der Waals surface area contributed by atoms with E-state index in [2.05, 4.69) is 15.4 Å². The van der Waals surface area contributed by atoms with Crippen LogP contribution in [0, 0.1) is 0 Å². The summed E-state index contributed by atoms with van der Waals surface area (Å²) in [5.74, 6) is -0.288. The van der Waals surface area contributed by atoms with Crippen molar-refractivity contribution in [2.24, 2.45) is 0 Å². The highest BCUT2D eigenvalue weighted by Gasteiger charge is 2.30. The molecule has 1 aromatic rings. The average Bonchev–Trinajstić information content (AvgIpc) is 2.57. The van der Waals surface area contributed by atoms with Gasteiger partial charge in [0.1, 0.15) is 11.8 Å². The van der Waals surface area contributed by atoms with Crippen LogP contribution in [0.25, 0.3) is 0 Å². The third kappa shape index (κ3) is 6.42. The van der Waals surface area contributed by atoms with Gasteiger partial charge < -0.3 is 20.3 Å². The first-order valence-corrected chi connectivity index (χ1v) is 8.31. The molecule has 0 radical (unpaired) electrons. The molecule has 26 heavy (non-hydrogen) atoms. The molecule has 1 saturated heterocycles. The van der Waals surface area contributed by atoms with Gasteiger partial charge in [0.05, 0.1) is 0 Å². The molecule has 1 heterocycles. The molecule has 0 aromatic heterocycles. The summed E-state index contributed by atoms with van der Waals surface area (Å²) >= 11 is 0. The zero-order valence-electron chi connectivity index (χ0n) is 14.5. The second-order valence-corrected chi connectivity index (χ2v) is 5.83. The smallest absolute Gasteiger partial charge is 0.387 e. The molecule has 1 unspecified atom stereocenters. The number of alkyl halides is 2. The second-order valence-electron chi connectivity index (χ2n) is 5.83. The molecule has 9 heteroatoms. The number of anilines is 1. The Morgan fingerprint density at radius 2 is 2.04 bits per heavy atom. The van der Waals surface area contributed by atoms with Crippen molar-refractivity contribution in [1.29, 1.82) is 0 Å². The molecular weight excluding hydrogens is 368 g/mol. The number of hydrogen-bond donors (Lipinski definition) is 2. The van der Waals surface area contributed by atoms with E-state index in [-0.39, 0.29) is 30.0 Å². The fourth-order valence-electron chi connectivity index (χ4n) is 2.77. The maximum absolute atomic E-state index is 12.6. The van der Waals surface area contributed by atoms with Crippen molar-refractivity contribution < 1.29 is 23.1 Å². The molecule has 146 valence electrons. The lowest BCUT2D eigenvalue weighted by atomic mass is 10.0. The highest BCUT2D eigenvalue weighted by molar-refractivity contribution is 5.99. The Balaban J connectivity index is 0.00000338. The van der Waals surface area contributed by atoms with Crippen molar-refractivity contribution in [3.8, 4) is 5.75 Å². The fourth-order valence-corrected chi connectivity index (χ4v) is 2.77. The van der Waals surface area contributed by atoms with E-state index < -0.39 is 12.7 Å². The number of halogens is 3. The molecule has 2 N–H and O–H groups in total. The maximum atomic E-state index is 12.6. The molecule has 6 nitrogen and oxygen atoms in total. The van der Waals surface area contributed by atoms with Crippen LogP contribution in [0.4, 0.5) is 14.5 Å². The molecule has 0 aliphatic carbocycles. The van der Waals surface area contributed by atoms with E-state index in [1.807, 2.05) is 7.05 Å². The van der Waals surface area contributed by atoms with Crippen molar-refractivity contribution in [2.75, 3.05) is 25.0 Å². The van der Waals surface area contributed by atoms with Crippen LogP contribution in [0.1, 0.15) is 25.7 Å². The minimum Gasteiger partial charge on any atom is -0.435 e. The van der Waals surface area contributed by atoms with Crippen LogP contribution >= 0.6 is 12.4 Å². The van der Waals surface area contributed by atoms with Crippen LogP contribution in [-0.4, -0.2) is 44.6 Å². The van der Waals surface area contributed by atoms with Crippen molar-refractivity contribution >= 4 is 29.9 Å². The maximum Gasteiger partial charge on any atom is 0.387 e. The Morgan fingerprint density at radius 1 is 1.35 bits per heavy atom. The number of ether oxygens (including phenoxy) is 1. The standard InChI is InChI=1S/C17H23F2N3O3.ClH/c1-20-10-2-5-15(23)21-14-4-3-11-22(16(14)24)12-6-8-13(9-7-12)25-17(18)19;/h6-9,14,17,20H,2-5,10-11H2,1H3,(H,21,23);1H. The topological polar surface area (TPSA) is 70.7 Å². The largest absolute Gasteiger partial charge is 0.435 e. The molecule has 0 spiro atoms. The van der Waals surface area contributed by atoms with Gasteiger partial charge in [-0.1, -0.05) is 0 Å². The van der Waals surface area contributed by atoms with E-state index in [0.29, 0.717) is 31.5 Å². The van der Waals surface area contributed by atoms with Crippen LogP contribution in [-0.2, 0) is 9.59 Å². The highest BCUT2D eigenvalue weighted by Crippen LogP contribution is 2.24. The van der Waals surface area contributed by atoms with E-state index in [9.17, 15) is 18.4 Å². The number of rotatable bonds is 8. The second kappa shape index (κ2) is 10.9. The van der Waals surface area contributed by atoms with Gasteiger partial charge in [0, 0.05) is 18.7 Å². The molecule has 1 aromatic carbocycles. The van der Waals surface area contributed by atoms with E-state index in [1.54, 1.807) is 17.0 Å². The van der Waals surface area contributed by atoms with Gasteiger partial charge in [-0.15, -0.1) is 12.4 Å². The predicted molar refractivity (Wildman–Crippen MR) is 97.0 cm³/mol. The van der Waals surface area contributed by atoms with Gasteiger partial charge in [0.2, 0.25) is 11.8 Å². The fraction of sp³-hybridized carbons (Fsp3) is 0.529. The first-order chi connectivity index (χ1) is 12.0. The first kappa shape index (κ1) is 22.1. The third-order valence-electron chi connectivity index (χ3n) is 3.98. The number of benzene rings is 1. The molecule has 2 amide bonds. The molecule has 1 aliphatic heterocycles. The van der Waals surface area contributed by atoms with Crippen molar-refractivity contribution in [3.63, 3.8) is 0 Å². The average molecular weight is 392 g/mol. The van der Waals surface area contributed by atoms with Gasteiger partial charge in [-0.3, -0.25) is 9.59 Å². The van der Waals surface area contributed by atoms with Gasteiger partial charge in [0.25, 0.3) is 0 Å². The van der Waals surface area contributed by atoms with Crippen LogP contribution in [0.5, 0.6) is 5.75 Å². The van der Waals surface area contributed by atoms with Crippen LogP contribution in [0.15, 0.2) is 24.3 Å². The molecule has 0 bridgehead atoms. The predicted octanol–water partition coefficient (Wildman–Crippen LogP) is 2.32. The SMILES string of the molecule is CNCCCC(=O)NC1CCCN(c2ccc(OC(F)F)cc2)C1=O.Cl. The number of piperidine rings is 1. The Morgan fingerprint density at radius 3 is 2.65 bits per heavy atom. The normalized spacial score (nSPS) is 17.0. The Labute approximate surface area is 157 Å². The Kier molecular flexibility index (Phi) is 9.29. The minimum atomic E-state index is -2.88. The number of hydrogen-bond acceptors (Lipinski definition) is 4. The van der Waals surface area contributed by atoms with Crippen LogP contribution in [0.2, 0.25) is 0 Å². The summed E-state index contributed by atoms with van der Waals surface area (Å²) in [6, 6.07) is 5.37. The summed E-state index contributed by atoms with van der Waals surface area (Å²) in [4.78, 5) is 26.1. The van der Waals surface area contributed by atoms with Gasteiger partial charge in [0.15, 0.2) is 0 Å². The zero-order valence-corrected chi connectivity index (χ0v) is 15.4. The summed E-state index contributed by atoms with van der Waals surface area (Å²) in [5.41, 5.74) is 0.598. The summed E-state index contributed by atoms with van der Waals surface area (Å²) < 4.78 is 28.7. The van der Waals surface area contributed by atoms with Gasteiger partial charge in [-0.05, 0) is 57.1 Å². The van der Waals surface area contributed by atoms with Gasteiger partial charge in [-0.25, -0.2) is 0 Å². The molecule has 1 atom stereocenters. The minimum absolute atomic E-state index is 0. The quantitative estimate of drug-likeness (QED) is 0.667. The Bertz CT molecular complexity index is 587. The summed E-state index contributed by atoms with van der Waals surface area (Å²) in [6.07, 6.45) is 2.42. The molecular formula is C17H24ClF2N3O3. The summed E-state index contributed by atoms with van der Waals surface area (Å²) in [7, 11) is 1.82. The number of amides is 2. The van der Waals surface area contributed by atoms with Crippen molar-refractivity contribution in [1.82, 2.24) is 10.6 Å². The lowest BCUT2D eigenvalue weighted by Crippen LogP contribution is -2.52. The molecule has 1 fully saturated rings. The highest BCUT2D eigenvalue weighted by atomic mass is 35.5. The lowest BCUT2D eigenvalue weighted by molar-refractivity contribution is -0.128. The van der Waals surface area contributed by atoms with Crippen LogP contribution < -0.4 is 20.3 Å². The molecule has 1 aliphatic rings. The zero-order chi connectivity index (χ0) is 18.2. The number of carbonyl (C=O) groups excluding carboxylic acids is 2. The van der Waals surface area contributed by atoms with Gasteiger partial charge >= 0.3 is 6.61 Å². The van der Waals surface area contributed by atoms with E-state index >= 15 is 0 Å². The van der Waals surface area contributed by atoms with Crippen molar-refractivity contribution in [3.05, 3.63) is 24.3 Å². The monoisotopic (exact) mass is 391 g/mol. The van der Waals surface area contributed by atoms with E-state index in [0.717, 1.165) is 13.0 Å². The summed E-state index contributed by atoms with van der Waals surface area (Å²) in [5, 5.41) is 5.75. The van der Waals surface area contributed by atoms with E-state index in [4.69, 9.17) is 0 Å². The van der Waals surface area contributed by atoms with Crippen LogP contribution in [0.3, 0.4) is 0 Å². The number of nitrogens with zero attached hydrogens (tertiary/aromatic N) is 1. The summed E-state index contributed by atoms with van der Waals surface area (Å²) in [6.45, 7) is -1.62. The van der Waals surface area contributed by atoms with Crippen molar-refractivity contribution in [2.45, 2.75) is 38.3 Å².